The first-order valence-corrected chi connectivity index (χ1v) is 9.35. The minimum Gasteiger partial charge on any atom is -0.389 e. The van der Waals surface area contributed by atoms with Crippen LogP contribution in [0.3, 0.4) is 0 Å². The van der Waals surface area contributed by atoms with Gasteiger partial charge in [0.15, 0.2) is 0 Å². The predicted octanol–water partition coefficient (Wildman–Crippen LogP) is 4.06. The molecule has 4 aliphatic rings. The van der Waals surface area contributed by atoms with Gasteiger partial charge in [-0.15, -0.1) is 0 Å². The van der Waals surface area contributed by atoms with Crippen LogP contribution in [0.2, 0.25) is 0 Å². The molecule has 0 bridgehead atoms. The number of hydrogen-bond acceptors (Lipinski definition) is 3. The van der Waals surface area contributed by atoms with E-state index < -0.39 is 5.60 Å². The van der Waals surface area contributed by atoms with Crippen LogP contribution < -0.4 is 5.01 Å². The molecule has 4 unspecified atom stereocenters. The molecule has 1 N–H and O–H groups in total. The normalized spacial score (nSPS) is 40.5. The van der Waals surface area contributed by atoms with Gasteiger partial charge in [0.1, 0.15) is 0 Å². The van der Waals surface area contributed by atoms with Crippen LogP contribution in [0.5, 0.6) is 0 Å². The Hall–Kier alpha value is -1.61. The third-order valence-electron chi connectivity index (χ3n) is 7.02. The molecular weight excluding hydrogens is 296 g/mol. The van der Waals surface area contributed by atoms with Crippen molar-refractivity contribution in [3.63, 3.8) is 0 Å². The predicted molar refractivity (Wildman–Crippen MR) is 97.1 cm³/mol. The first kappa shape index (κ1) is 14.7. The summed E-state index contributed by atoms with van der Waals surface area (Å²) in [7, 11) is 0. The van der Waals surface area contributed by atoms with E-state index in [1.54, 1.807) is 0 Å². The zero-order chi connectivity index (χ0) is 16.5. The second kappa shape index (κ2) is 4.72. The molecule has 0 aromatic heterocycles. The van der Waals surface area contributed by atoms with Crippen LogP contribution in [-0.4, -0.2) is 23.0 Å². The van der Waals surface area contributed by atoms with E-state index in [0.29, 0.717) is 17.9 Å². The summed E-state index contributed by atoms with van der Waals surface area (Å²) in [5.41, 5.74) is 3.43. The van der Waals surface area contributed by atoms with Gasteiger partial charge in [-0.2, -0.15) is 5.10 Å². The van der Waals surface area contributed by atoms with Gasteiger partial charge in [-0.25, -0.2) is 0 Å². The van der Waals surface area contributed by atoms with Gasteiger partial charge in [0.25, 0.3) is 0 Å². The van der Waals surface area contributed by atoms with Crippen LogP contribution in [0.15, 0.2) is 41.0 Å². The molecule has 1 aromatic rings. The molecular formula is C21H26N2O. The third kappa shape index (κ3) is 1.85. The summed E-state index contributed by atoms with van der Waals surface area (Å²) >= 11 is 0. The molecule has 1 aliphatic heterocycles. The second-order valence-electron chi connectivity index (χ2n) is 8.51. The van der Waals surface area contributed by atoms with E-state index >= 15 is 0 Å². The maximum absolute atomic E-state index is 11.2. The van der Waals surface area contributed by atoms with Crippen LogP contribution in [0.1, 0.15) is 44.6 Å². The lowest BCUT2D eigenvalue weighted by Gasteiger charge is -2.47. The Labute approximate surface area is 144 Å². The average molecular weight is 322 g/mol. The third-order valence-corrected chi connectivity index (χ3v) is 7.02. The fraction of sp³-hybridized carbons (Fsp3) is 0.571. The molecule has 3 aliphatic carbocycles. The second-order valence-corrected chi connectivity index (χ2v) is 8.51. The maximum Gasteiger partial charge on any atom is 0.0787 e. The Bertz CT molecular complexity index is 729. The van der Waals surface area contributed by atoms with E-state index in [-0.39, 0.29) is 5.41 Å². The van der Waals surface area contributed by atoms with Crippen molar-refractivity contribution in [2.24, 2.45) is 22.4 Å². The molecule has 24 heavy (non-hydrogen) atoms. The lowest BCUT2D eigenvalue weighted by atomic mass is 9.60. The number of hydrogen-bond donors (Lipinski definition) is 1. The maximum atomic E-state index is 11.2. The van der Waals surface area contributed by atoms with E-state index in [1.165, 1.54) is 29.7 Å². The van der Waals surface area contributed by atoms with Crippen molar-refractivity contribution < 1.29 is 5.11 Å². The summed E-state index contributed by atoms with van der Waals surface area (Å²) in [6, 6.07) is 8.97. The quantitative estimate of drug-likeness (QED) is 0.834. The molecule has 126 valence electrons. The number of benzene rings is 1. The van der Waals surface area contributed by atoms with Crippen LogP contribution in [0.25, 0.3) is 0 Å². The SMILES string of the molecule is Cc1ccc(N2N=CC3CC4(C5CC5)C(=CC32)CCC4(C)O)cc1. The van der Waals surface area contributed by atoms with Crippen LogP contribution in [-0.2, 0) is 0 Å². The number of nitrogens with zero attached hydrogens (tertiary/aromatic N) is 2. The number of fused-ring (bicyclic) bond motifs is 2. The zero-order valence-corrected chi connectivity index (χ0v) is 14.6. The highest BCUT2D eigenvalue weighted by Crippen LogP contribution is 2.66. The molecule has 3 heteroatoms. The summed E-state index contributed by atoms with van der Waals surface area (Å²) in [5, 5.41) is 18.1. The zero-order valence-electron chi connectivity index (χ0n) is 14.6. The number of anilines is 1. The lowest BCUT2D eigenvalue weighted by molar-refractivity contribution is -0.0548. The van der Waals surface area contributed by atoms with Gasteiger partial charge >= 0.3 is 0 Å². The standard InChI is InChI=1S/C21H26N2O/c1-14-3-7-18(8-4-14)23-19-11-17-9-10-20(2,24)21(17,16-5-6-16)12-15(19)13-22-23/h3-4,7-8,11,13,15-16,19,24H,5-6,9-10,12H2,1-2H3. The number of aryl methyl sites for hydroxylation is 1. The Morgan fingerprint density at radius 2 is 1.96 bits per heavy atom. The molecule has 4 atom stereocenters. The highest BCUT2D eigenvalue weighted by atomic mass is 16.3. The van der Waals surface area contributed by atoms with Gasteiger partial charge in [-0.3, -0.25) is 5.01 Å². The molecule has 1 heterocycles. The van der Waals surface area contributed by atoms with Crippen molar-refractivity contribution >= 4 is 11.9 Å². The smallest absolute Gasteiger partial charge is 0.0787 e. The monoisotopic (exact) mass is 322 g/mol. The lowest BCUT2D eigenvalue weighted by Crippen LogP contribution is -2.50. The van der Waals surface area contributed by atoms with Gasteiger partial charge < -0.3 is 5.11 Å². The average Bonchev–Trinajstić information content (AvgIpc) is 3.28. The molecule has 5 rings (SSSR count). The Kier molecular flexibility index (Phi) is 2.90. The van der Waals surface area contributed by atoms with Gasteiger partial charge in [0, 0.05) is 17.5 Å². The van der Waals surface area contributed by atoms with E-state index in [0.717, 1.165) is 19.3 Å². The van der Waals surface area contributed by atoms with Gasteiger partial charge in [0.2, 0.25) is 0 Å². The topological polar surface area (TPSA) is 35.8 Å². The molecule has 0 spiro atoms. The van der Waals surface area contributed by atoms with E-state index in [2.05, 4.69) is 55.4 Å². The minimum atomic E-state index is -0.546. The van der Waals surface area contributed by atoms with Crippen molar-refractivity contribution in [1.82, 2.24) is 0 Å². The van der Waals surface area contributed by atoms with Crippen LogP contribution >= 0.6 is 0 Å². The Morgan fingerprint density at radius 3 is 2.67 bits per heavy atom. The molecule has 0 radical (unpaired) electrons. The van der Waals surface area contributed by atoms with Crippen molar-refractivity contribution in [1.29, 1.82) is 0 Å². The number of aliphatic hydroxyl groups is 1. The first-order valence-electron chi connectivity index (χ1n) is 9.35. The Balaban J connectivity index is 1.54. The molecule has 0 saturated heterocycles. The van der Waals surface area contributed by atoms with Crippen molar-refractivity contribution in [2.75, 3.05) is 5.01 Å². The van der Waals surface area contributed by atoms with Gasteiger partial charge in [-0.05, 0) is 64.0 Å². The first-order chi connectivity index (χ1) is 11.5. The van der Waals surface area contributed by atoms with E-state index in [1.807, 2.05) is 0 Å². The largest absolute Gasteiger partial charge is 0.389 e. The van der Waals surface area contributed by atoms with E-state index in [4.69, 9.17) is 5.10 Å². The Morgan fingerprint density at radius 1 is 1.21 bits per heavy atom. The molecule has 3 nitrogen and oxygen atoms in total. The molecule has 2 fully saturated rings. The number of hydrazone groups is 1. The molecule has 1 aromatic carbocycles. The van der Waals surface area contributed by atoms with Crippen LogP contribution in [0.4, 0.5) is 5.69 Å². The molecule has 2 saturated carbocycles. The summed E-state index contributed by atoms with van der Waals surface area (Å²) in [5.74, 6) is 1.10. The fourth-order valence-electron chi connectivity index (χ4n) is 5.58. The van der Waals surface area contributed by atoms with Crippen LogP contribution in [0, 0.1) is 24.2 Å². The van der Waals surface area contributed by atoms with E-state index in [9.17, 15) is 5.11 Å². The minimum absolute atomic E-state index is 0.0173. The summed E-state index contributed by atoms with van der Waals surface area (Å²) < 4.78 is 0. The summed E-state index contributed by atoms with van der Waals surface area (Å²) in [4.78, 5) is 0. The fourth-order valence-corrected chi connectivity index (χ4v) is 5.58. The van der Waals surface area contributed by atoms with Gasteiger partial charge in [0.05, 0.1) is 17.3 Å². The van der Waals surface area contributed by atoms with Crippen molar-refractivity contribution in [2.45, 2.75) is 57.6 Å². The van der Waals surface area contributed by atoms with Gasteiger partial charge in [-0.1, -0.05) is 29.3 Å². The van der Waals surface area contributed by atoms with Crippen molar-refractivity contribution in [3.05, 3.63) is 41.5 Å². The highest BCUT2D eigenvalue weighted by molar-refractivity contribution is 5.72. The summed E-state index contributed by atoms with van der Waals surface area (Å²) in [6.07, 6.45) is 10.2. The molecule has 0 amide bonds. The number of rotatable bonds is 2. The van der Waals surface area contributed by atoms with Crippen molar-refractivity contribution in [3.8, 4) is 0 Å². The highest BCUT2D eigenvalue weighted by Gasteiger charge is 2.63. The summed E-state index contributed by atoms with van der Waals surface area (Å²) in [6.45, 7) is 4.20.